The Kier molecular flexibility index (Phi) is 5.56. The molecule has 1 aromatic carbocycles. The van der Waals surface area contributed by atoms with Gasteiger partial charge in [0, 0.05) is 12.3 Å². The van der Waals surface area contributed by atoms with Gasteiger partial charge in [0.25, 0.3) is 0 Å². The van der Waals surface area contributed by atoms with E-state index >= 15 is 0 Å². The van der Waals surface area contributed by atoms with Crippen molar-refractivity contribution in [3.05, 3.63) is 24.3 Å². The fraction of sp³-hybridized carbons (Fsp3) is 0.438. The molecule has 7 nitrogen and oxygen atoms in total. The molecular formula is C16H20N2O5. The summed E-state index contributed by atoms with van der Waals surface area (Å²) in [6.45, 7) is 1.56. The van der Waals surface area contributed by atoms with Crippen molar-refractivity contribution in [1.29, 1.82) is 0 Å². The lowest BCUT2D eigenvalue weighted by Crippen LogP contribution is -2.47. The van der Waals surface area contributed by atoms with Crippen molar-refractivity contribution in [2.75, 3.05) is 13.2 Å². The van der Waals surface area contributed by atoms with Crippen molar-refractivity contribution in [2.45, 2.75) is 25.8 Å². The molecule has 124 valence electrons. The minimum atomic E-state index is -0.778. The molecule has 2 atom stereocenters. The highest BCUT2D eigenvalue weighted by molar-refractivity contribution is 5.90. The molecule has 1 heterocycles. The molecule has 0 aromatic heterocycles. The molecule has 23 heavy (non-hydrogen) atoms. The van der Waals surface area contributed by atoms with Crippen LogP contribution < -0.4 is 20.5 Å². The Labute approximate surface area is 134 Å². The normalized spacial score (nSPS) is 18.5. The molecule has 0 aliphatic carbocycles. The van der Waals surface area contributed by atoms with Gasteiger partial charge in [0.05, 0.1) is 0 Å². The largest absolute Gasteiger partial charge is 0.487 e. The quantitative estimate of drug-likeness (QED) is 0.817. The number of ether oxygens (including phenoxy) is 2. The van der Waals surface area contributed by atoms with E-state index in [-0.39, 0.29) is 37.2 Å². The molecular weight excluding hydrogens is 300 g/mol. The van der Waals surface area contributed by atoms with Crippen LogP contribution in [0.3, 0.4) is 0 Å². The van der Waals surface area contributed by atoms with Crippen molar-refractivity contribution < 1.29 is 23.9 Å². The number of primary amides is 1. The summed E-state index contributed by atoms with van der Waals surface area (Å²) in [5.74, 6) is -0.402. The predicted octanol–water partition coefficient (Wildman–Crippen LogP) is 0.413. The Morgan fingerprint density at radius 2 is 1.96 bits per heavy atom. The maximum Gasteiger partial charge on any atom is 0.220 e. The van der Waals surface area contributed by atoms with Crippen LogP contribution in [0.25, 0.3) is 0 Å². The molecule has 0 saturated heterocycles. The fourth-order valence-corrected chi connectivity index (χ4v) is 2.08. The van der Waals surface area contributed by atoms with Gasteiger partial charge in [-0.25, -0.2) is 0 Å². The maximum absolute atomic E-state index is 12.1. The van der Waals surface area contributed by atoms with Crippen LogP contribution in [-0.2, 0) is 14.4 Å². The lowest BCUT2D eigenvalue weighted by molar-refractivity contribution is -0.130. The van der Waals surface area contributed by atoms with Crippen LogP contribution in [0, 0.1) is 5.92 Å². The Morgan fingerprint density at radius 3 is 2.61 bits per heavy atom. The third kappa shape index (κ3) is 4.70. The zero-order chi connectivity index (χ0) is 16.8. The van der Waals surface area contributed by atoms with Gasteiger partial charge in [0.2, 0.25) is 11.8 Å². The summed E-state index contributed by atoms with van der Waals surface area (Å²) in [7, 11) is 0. The summed E-state index contributed by atoms with van der Waals surface area (Å²) in [6.07, 6.45) is 0.452. The number of Topliss-reactive ketones (excluding diaryl/α,β-unsaturated/α-hetero) is 1. The number of rotatable bonds is 5. The highest BCUT2D eigenvalue weighted by Gasteiger charge is 2.25. The van der Waals surface area contributed by atoms with E-state index in [1.54, 1.807) is 31.2 Å². The summed E-state index contributed by atoms with van der Waals surface area (Å²) in [5, 5.41) is 2.62. The lowest BCUT2D eigenvalue weighted by Gasteiger charge is -2.23. The van der Waals surface area contributed by atoms with Gasteiger partial charge in [-0.15, -0.1) is 0 Å². The second kappa shape index (κ2) is 7.62. The van der Waals surface area contributed by atoms with Crippen LogP contribution in [0.5, 0.6) is 11.5 Å². The van der Waals surface area contributed by atoms with E-state index in [0.717, 1.165) is 0 Å². The van der Waals surface area contributed by atoms with Gasteiger partial charge in [-0.2, -0.15) is 0 Å². The highest BCUT2D eigenvalue weighted by Crippen LogP contribution is 2.27. The molecule has 1 aromatic rings. The SMILES string of the molecule is CC(CCC(=O)N[C@H]1COc2ccccc2OCC1=O)C(N)=O. The predicted molar refractivity (Wildman–Crippen MR) is 82.0 cm³/mol. The molecule has 7 heteroatoms. The lowest BCUT2D eigenvalue weighted by atomic mass is 10.0. The number of benzene rings is 1. The molecule has 2 rings (SSSR count). The minimum Gasteiger partial charge on any atom is -0.487 e. The molecule has 1 aliphatic rings. The Morgan fingerprint density at radius 1 is 1.30 bits per heavy atom. The first kappa shape index (κ1) is 16.8. The fourth-order valence-electron chi connectivity index (χ4n) is 2.08. The Balaban J connectivity index is 1.91. The second-order valence-electron chi connectivity index (χ2n) is 5.47. The van der Waals surface area contributed by atoms with Gasteiger partial charge in [-0.1, -0.05) is 19.1 Å². The van der Waals surface area contributed by atoms with Crippen LogP contribution in [0.4, 0.5) is 0 Å². The van der Waals surface area contributed by atoms with Crippen LogP contribution in [-0.4, -0.2) is 36.9 Å². The highest BCUT2D eigenvalue weighted by atomic mass is 16.5. The van der Waals surface area contributed by atoms with Gasteiger partial charge in [-0.05, 0) is 18.6 Å². The van der Waals surface area contributed by atoms with Crippen molar-refractivity contribution in [3.63, 3.8) is 0 Å². The van der Waals surface area contributed by atoms with Crippen LogP contribution in [0.1, 0.15) is 19.8 Å². The average Bonchev–Trinajstić information content (AvgIpc) is 2.53. The number of nitrogens with two attached hydrogens (primary N) is 1. The third-order valence-corrected chi connectivity index (χ3v) is 3.64. The van der Waals surface area contributed by atoms with Crippen molar-refractivity contribution in [3.8, 4) is 11.5 Å². The average molecular weight is 320 g/mol. The summed E-state index contributed by atoms with van der Waals surface area (Å²) in [5.41, 5.74) is 5.15. The Hall–Kier alpha value is -2.57. The zero-order valence-electron chi connectivity index (χ0n) is 12.9. The van der Waals surface area contributed by atoms with E-state index in [4.69, 9.17) is 15.2 Å². The monoisotopic (exact) mass is 320 g/mol. The van der Waals surface area contributed by atoms with Crippen LogP contribution in [0.15, 0.2) is 24.3 Å². The first-order valence-corrected chi connectivity index (χ1v) is 7.43. The van der Waals surface area contributed by atoms with E-state index < -0.39 is 11.9 Å². The van der Waals surface area contributed by atoms with Crippen LogP contribution >= 0.6 is 0 Å². The van der Waals surface area contributed by atoms with E-state index in [1.165, 1.54) is 0 Å². The molecule has 2 amide bonds. The van der Waals surface area contributed by atoms with Crippen molar-refractivity contribution >= 4 is 17.6 Å². The smallest absolute Gasteiger partial charge is 0.220 e. The molecule has 0 saturated carbocycles. The van der Waals surface area contributed by atoms with Gasteiger partial charge in [0.1, 0.15) is 19.3 Å². The number of hydrogen-bond donors (Lipinski definition) is 2. The zero-order valence-corrected chi connectivity index (χ0v) is 12.9. The molecule has 0 fully saturated rings. The number of fused-ring (bicyclic) bond motifs is 1. The molecule has 0 radical (unpaired) electrons. The standard InChI is InChI=1S/C16H20N2O5/c1-10(16(17)21)6-7-15(20)18-11-8-22-13-4-2-3-5-14(13)23-9-12(11)19/h2-5,10-11H,6-9H2,1H3,(H2,17,21)(H,18,20)/t10?,11-/m0/s1. The number of para-hydroxylation sites is 2. The molecule has 3 N–H and O–H groups in total. The van der Waals surface area contributed by atoms with Crippen molar-refractivity contribution in [2.24, 2.45) is 11.7 Å². The topological polar surface area (TPSA) is 108 Å². The molecule has 0 spiro atoms. The number of amides is 2. The second-order valence-corrected chi connectivity index (χ2v) is 5.47. The third-order valence-electron chi connectivity index (χ3n) is 3.64. The number of hydrogen-bond acceptors (Lipinski definition) is 5. The number of nitrogens with one attached hydrogen (secondary N) is 1. The number of ketones is 1. The van der Waals surface area contributed by atoms with E-state index in [0.29, 0.717) is 17.9 Å². The van der Waals surface area contributed by atoms with Crippen molar-refractivity contribution in [1.82, 2.24) is 5.32 Å². The number of carbonyl (C=O) groups excluding carboxylic acids is 3. The molecule has 1 aliphatic heterocycles. The van der Waals surface area contributed by atoms with Gasteiger partial charge < -0.3 is 20.5 Å². The summed E-state index contributed by atoms with van der Waals surface area (Å²) < 4.78 is 10.9. The van der Waals surface area contributed by atoms with E-state index in [1.807, 2.05) is 0 Å². The summed E-state index contributed by atoms with van der Waals surface area (Å²) in [6, 6.07) is 6.25. The first-order valence-electron chi connectivity index (χ1n) is 7.43. The van der Waals surface area contributed by atoms with Crippen LogP contribution in [0.2, 0.25) is 0 Å². The molecule has 1 unspecified atom stereocenters. The minimum absolute atomic E-state index is 0.0380. The molecule has 0 bridgehead atoms. The summed E-state index contributed by atoms with van der Waals surface area (Å²) >= 11 is 0. The Bertz CT molecular complexity index is 602. The first-order chi connectivity index (χ1) is 11.0. The van der Waals surface area contributed by atoms with E-state index in [9.17, 15) is 14.4 Å². The number of carbonyl (C=O) groups is 3. The maximum atomic E-state index is 12.1. The van der Waals surface area contributed by atoms with E-state index in [2.05, 4.69) is 5.32 Å². The van der Waals surface area contributed by atoms with Gasteiger partial charge >= 0.3 is 0 Å². The van der Waals surface area contributed by atoms with Gasteiger partial charge in [-0.3, -0.25) is 14.4 Å². The summed E-state index contributed by atoms with van der Waals surface area (Å²) in [4.78, 5) is 34.9. The van der Waals surface area contributed by atoms with Gasteiger partial charge in [0.15, 0.2) is 17.3 Å².